The van der Waals surface area contributed by atoms with Gasteiger partial charge < -0.3 is 4.74 Å². The first-order chi connectivity index (χ1) is 7.88. The largest absolute Gasteiger partial charge is 0.494 e. The predicted octanol–water partition coefficient (Wildman–Crippen LogP) is 2.73. The molecule has 4 nitrogen and oxygen atoms in total. The van der Waals surface area contributed by atoms with Crippen LogP contribution in [0, 0.1) is 0 Å². The predicted molar refractivity (Wildman–Crippen MR) is 64.2 cm³/mol. The standard InChI is InChI=1S/C11H11N3OS/c1-2-5-15-8-3-4-9-10(6-8)16-11-13-12-7-14(9)11/h3-4,6-7H,2,5H2,1H3. The van der Waals surface area contributed by atoms with Crippen LogP contribution in [0.3, 0.4) is 0 Å². The van der Waals surface area contributed by atoms with Crippen LogP contribution in [-0.2, 0) is 0 Å². The molecule has 3 rings (SSSR count). The normalized spacial score (nSPS) is 11.3. The summed E-state index contributed by atoms with van der Waals surface area (Å²) in [5.41, 5.74) is 1.13. The maximum absolute atomic E-state index is 5.60. The lowest BCUT2D eigenvalue weighted by Gasteiger charge is -2.03. The molecule has 3 aromatic rings. The van der Waals surface area contributed by atoms with Crippen LogP contribution in [0.2, 0.25) is 0 Å². The highest BCUT2D eigenvalue weighted by atomic mass is 32.1. The van der Waals surface area contributed by atoms with Gasteiger partial charge in [-0.15, -0.1) is 10.2 Å². The maximum Gasteiger partial charge on any atom is 0.217 e. The van der Waals surface area contributed by atoms with Gasteiger partial charge in [0.25, 0.3) is 0 Å². The van der Waals surface area contributed by atoms with Gasteiger partial charge in [0.05, 0.1) is 16.8 Å². The quantitative estimate of drug-likeness (QED) is 0.698. The average Bonchev–Trinajstić information content (AvgIpc) is 2.85. The van der Waals surface area contributed by atoms with Crippen LogP contribution in [0.25, 0.3) is 15.2 Å². The van der Waals surface area contributed by atoms with E-state index in [-0.39, 0.29) is 0 Å². The number of hydrogen-bond acceptors (Lipinski definition) is 4. The van der Waals surface area contributed by atoms with E-state index in [1.807, 2.05) is 16.5 Å². The lowest BCUT2D eigenvalue weighted by Crippen LogP contribution is -1.94. The monoisotopic (exact) mass is 233 g/mol. The van der Waals surface area contributed by atoms with Gasteiger partial charge in [0.1, 0.15) is 12.1 Å². The molecule has 0 saturated carbocycles. The van der Waals surface area contributed by atoms with Crippen LogP contribution in [0.15, 0.2) is 24.5 Å². The minimum atomic E-state index is 0.759. The van der Waals surface area contributed by atoms with E-state index in [1.165, 1.54) is 4.70 Å². The van der Waals surface area contributed by atoms with Crippen molar-refractivity contribution in [3.63, 3.8) is 0 Å². The minimum absolute atomic E-state index is 0.759. The Morgan fingerprint density at radius 1 is 1.44 bits per heavy atom. The summed E-state index contributed by atoms with van der Waals surface area (Å²) >= 11 is 1.63. The number of fused-ring (bicyclic) bond motifs is 3. The Hall–Kier alpha value is -1.62. The van der Waals surface area contributed by atoms with Crippen LogP contribution >= 0.6 is 11.3 Å². The molecule has 0 aliphatic rings. The van der Waals surface area contributed by atoms with Gasteiger partial charge in [-0.1, -0.05) is 18.3 Å². The highest BCUT2D eigenvalue weighted by Crippen LogP contribution is 2.28. The van der Waals surface area contributed by atoms with Crippen LogP contribution in [0.4, 0.5) is 0 Å². The van der Waals surface area contributed by atoms with E-state index in [0.717, 1.165) is 29.3 Å². The molecule has 0 unspecified atom stereocenters. The Bertz CT molecular complexity index is 628. The summed E-state index contributed by atoms with van der Waals surface area (Å²) in [6.07, 6.45) is 2.76. The Kier molecular flexibility index (Phi) is 2.25. The molecule has 0 aliphatic carbocycles. The second-order valence-corrected chi connectivity index (χ2v) is 4.57. The highest BCUT2D eigenvalue weighted by molar-refractivity contribution is 7.23. The summed E-state index contributed by atoms with van der Waals surface area (Å²) in [7, 11) is 0. The number of nitrogens with zero attached hydrogens (tertiary/aromatic N) is 3. The Morgan fingerprint density at radius 2 is 2.38 bits per heavy atom. The molecule has 0 radical (unpaired) electrons. The Balaban J connectivity index is 2.10. The molecule has 0 atom stereocenters. The van der Waals surface area contributed by atoms with E-state index in [0.29, 0.717) is 0 Å². The molecular weight excluding hydrogens is 222 g/mol. The van der Waals surface area contributed by atoms with Gasteiger partial charge in [0.15, 0.2) is 0 Å². The number of hydrogen-bond donors (Lipinski definition) is 0. The van der Waals surface area contributed by atoms with Gasteiger partial charge >= 0.3 is 0 Å². The molecule has 0 N–H and O–H groups in total. The fourth-order valence-electron chi connectivity index (χ4n) is 1.64. The Morgan fingerprint density at radius 3 is 3.25 bits per heavy atom. The lowest BCUT2D eigenvalue weighted by atomic mass is 10.3. The number of aromatic nitrogens is 3. The second kappa shape index (κ2) is 3.75. The van der Waals surface area contributed by atoms with E-state index in [4.69, 9.17) is 4.74 Å². The third kappa shape index (κ3) is 1.44. The first-order valence-electron chi connectivity index (χ1n) is 5.23. The van der Waals surface area contributed by atoms with E-state index < -0.39 is 0 Å². The van der Waals surface area contributed by atoms with Crippen molar-refractivity contribution in [2.24, 2.45) is 0 Å². The number of ether oxygens (including phenoxy) is 1. The molecule has 2 heterocycles. The Labute approximate surface area is 96.5 Å². The summed E-state index contributed by atoms with van der Waals surface area (Å²) in [4.78, 5) is 0.919. The summed E-state index contributed by atoms with van der Waals surface area (Å²) < 4.78 is 8.77. The topological polar surface area (TPSA) is 39.4 Å². The van der Waals surface area contributed by atoms with Crippen molar-refractivity contribution in [2.45, 2.75) is 13.3 Å². The van der Waals surface area contributed by atoms with Gasteiger partial charge in [-0.25, -0.2) is 0 Å². The molecule has 0 spiro atoms. The van der Waals surface area contributed by atoms with Crippen molar-refractivity contribution in [3.8, 4) is 5.75 Å². The van der Waals surface area contributed by atoms with Crippen molar-refractivity contribution < 1.29 is 4.74 Å². The highest BCUT2D eigenvalue weighted by Gasteiger charge is 2.06. The summed E-state index contributed by atoms with van der Waals surface area (Å²) in [5, 5.41) is 7.91. The zero-order valence-corrected chi connectivity index (χ0v) is 9.70. The molecule has 82 valence electrons. The van der Waals surface area contributed by atoms with E-state index in [2.05, 4.69) is 23.2 Å². The van der Waals surface area contributed by atoms with E-state index in [9.17, 15) is 0 Å². The smallest absolute Gasteiger partial charge is 0.217 e. The van der Waals surface area contributed by atoms with Crippen LogP contribution in [-0.4, -0.2) is 21.2 Å². The molecule has 0 fully saturated rings. The van der Waals surface area contributed by atoms with Crippen molar-refractivity contribution in [1.29, 1.82) is 0 Å². The van der Waals surface area contributed by atoms with Gasteiger partial charge in [0.2, 0.25) is 4.96 Å². The number of thiazole rings is 1. The molecule has 0 saturated heterocycles. The van der Waals surface area contributed by atoms with Gasteiger partial charge in [0, 0.05) is 0 Å². The second-order valence-electron chi connectivity index (χ2n) is 3.56. The van der Waals surface area contributed by atoms with Crippen LogP contribution < -0.4 is 4.74 Å². The molecule has 0 bridgehead atoms. The average molecular weight is 233 g/mol. The zero-order chi connectivity index (χ0) is 11.0. The first-order valence-corrected chi connectivity index (χ1v) is 6.05. The molecule has 16 heavy (non-hydrogen) atoms. The molecule has 1 aromatic carbocycles. The molecule has 0 aliphatic heterocycles. The lowest BCUT2D eigenvalue weighted by molar-refractivity contribution is 0.318. The fourth-order valence-corrected chi connectivity index (χ4v) is 2.62. The maximum atomic E-state index is 5.60. The van der Waals surface area contributed by atoms with Crippen molar-refractivity contribution in [2.75, 3.05) is 6.61 Å². The van der Waals surface area contributed by atoms with Crippen molar-refractivity contribution in [3.05, 3.63) is 24.5 Å². The van der Waals surface area contributed by atoms with Gasteiger partial charge in [-0.05, 0) is 24.6 Å². The third-order valence-electron chi connectivity index (χ3n) is 2.38. The van der Waals surface area contributed by atoms with Crippen LogP contribution in [0.5, 0.6) is 5.75 Å². The molecule has 2 aromatic heterocycles. The van der Waals surface area contributed by atoms with E-state index in [1.54, 1.807) is 17.7 Å². The van der Waals surface area contributed by atoms with Gasteiger partial charge in [-0.2, -0.15) is 0 Å². The van der Waals surface area contributed by atoms with E-state index >= 15 is 0 Å². The summed E-state index contributed by atoms with van der Waals surface area (Å²) in [6, 6.07) is 6.10. The van der Waals surface area contributed by atoms with Gasteiger partial charge in [-0.3, -0.25) is 4.40 Å². The van der Waals surface area contributed by atoms with Crippen LogP contribution in [0.1, 0.15) is 13.3 Å². The summed E-state index contributed by atoms with van der Waals surface area (Å²) in [6.45, 7) is 2.86. The third-order valence-corrected chi connectivity index (χ3v) is 3.39. The van der Waals surface area contributed by atoms with Crippen molar-refractivity contribution >= 4 is 26.5 Å². The SMILES string of the molecule is CCCOc1ccc2c(c1)sc1nncn12. The number of benzene rings is 1. The molecular formula is C11H11N3OS. The van der Waals surface area contributed by atoms with Crippen molar-refractivity contribution in [1.82, 2.24) is 14.6 Å². The fraction of sp³-hybridized carbons (Fsp3) is 0.273. The minimum Gasteiger partial charge on any atom is -0.494 e. The zero-order valence-electron chi connectivity index (χ0n) is 8.88. The first kappa shape index (κ1) is 9.59. The summed E-state index contributed by atoms with van der Waals surface area (Å²) in [5.74, 6) is 0.923. The number of rotatable bonds is 3. The molecule has 0 amide bonds. The molecule has 5 heteroatoms.